The molecule has 2 rings (SSSR count). The van der Waals surface area contributed by atoms with Gasteiger partial charge in [0, 0.05) is 23.2 Å². The van der Waals surface area contributed by atoms with Crippen molar-refractivity contribution in [2.45, 2.75) is 45.1 Å². The van der Waals surface area contributed by atoms with E-state index in [0.717, 1.165) is 30.5 Å². The molecule has 0 saturated heterocycles. The molecule has 1 unspecified atom stereocenters. The Kier molecular flexibility index (Phi) is 3.19. The third-order valence-electron chi connectivity index (χ3n) is 3.40. The van der Waals surface area contributed by atoms with Gasteiger partial charge < -0.3 is 10.8 Å². The van der Waals surface area contributed by atoms with Crippen LogP contribution in [0.2, 0.25) is 0 Å². The molecule has 5 heteroatoms. The zero-order chi connectivity index (χ0) is 12.6. The molecule has 1 atom stereocenters. The molecule has 0 aromatic carbocycles. The number of carboxylic acid groups (broad SMARTS) is 1. The Bertz CT molecular complexity index is 437. The molecule has 0 bridgehead atoms. The molecule has 0 spiro atoms. The van der Waals surface area contributed by atoms with E-state index in [2.05, 4.69) is 5.10 Å². The summed E-state index contributed by atoms with van der Waals surface area (Å²) in [5.74, 6) is -0.793. The second-order valence-corrected chi connectivity index (χ2v) is 4.88. The molecule has 1 aliphatic carbocycles. The molecule has 1 aromatic heterocycles. The highest BCUT2D eigenvalue weighted by atomic mass is 16.4. The van der Waals surface area contributed by atoms with Crippen molar-refractivity contribution in [1.29, 1.82) is 0 Å². The fourth-order valence-corrected chi connectivity index (χ4v) is 2.64. The minimum absolute atomic E-state index is 0.150. The van der Waals surface area contributed by atoms with Crippen LogP contribution in [0.15, 0.2) is 0 Å². The van der Waals surface area contributed by atoms with Crippen molar-refractivity contribution in [3.8, 4) is 0 Å². The summed E-state index contributed by atoms with van der Waals surface area (Å²) < 4.78 is 1.85. The highest BCUT2D eigenvalue weighted by Crippen LogP contribution is 2.34. The summed E-state index contributed by atoms with van der Waals surface area (Å²) >= 11 is 0. The van der Waals surface area contributed by atoms with E-state index < -0.39 is 5.97 Å². The number of nitrogens with zero attached hydrogens (tertiary/aromatic N) is 2. The standard InChI is InChI=1S/C12H19N3O2/c1-7(2)15-9-5-3-4-8(6-13)10(9)11(14-15)12(16)17/h7-8H,3-6,13H2,1-2H3,(H,16,17). The number of carboxylic acids is 1. The van der Waals surface area contributed by atoms with E-state index in [9.17, 15) is 9.90 Å². The highest BCUT2D eigenvalue weighted by molar-refractivity contribution is 5.87. The van der Waals surface area contributed by atoms with Crippen LogP contribution in [0.1, 0.15) is 60.4 Å². The first-order chi connectivity index (χ1) is 8.06. The normalized spacial score (nSPS) is 19.4. The lowest BCUT2D eigenvalue weighted by molar-refractivity contribution is 0.0687. The first-order valence-electron chi connectivity index (χ1n) is 6.10. The first-order valence-corrected chi connectivity index (χ1v) is 6.10. The Labute approximate surface area is 101 Å². The van der Waals surface area contributed by atoms with Gasteiger partial charge in [-0.15, -0.1) is 0 Å². The Balaban J connectivity index is 2.59. The van der Waals surface area contributed by atoms with Gasteiger partial charge in [-0.25, -0.2) is 4.79 Å². The van der Waals surface area contributed by atoms with Gasteiger partial charge in [0.1, 0.15) is 0 Å². The molecule has 5 nitrogen and oxygen atoms in total. The molecule has 0 fully saturated rings. The number of hydrogen-bond acceptors (Lipinski definition) is 3. The van der Waals surface area contributed by atoms with E-state index >= 15 is 0 Å². The van der Waals surface area contributed by atoms with E-state index in [4.69, 9.17) is 5.73 Å². The summed E-state index contributed by atoms with van der Waals surface area (Å²) in [6.45, 7) is 4.53. The number of nitrogens with two attached hydrogens (primary N) is 1. The fraction of sp³-hybridized carbons (Fsp3) is 0.667. The van der Waals surface area contributed by atoms with Gasteiger partial charge in [0.25, 0.3) is 0 Å². The minimum Gasteiger partial charge on any atom is -0.476 e. The molecule has 0 radical (unpaired) electrons. The SMILES string of the molecule is CC(C)n1nc(C(=O)O)c2c1CCCC2CN. The van der Waals surface area contributed by atoms with E-state index in [1.165, 1.54) is 0 Å². The summed E-state index contributed by atoms with van der Waals surface area (Å²) in [4.78, 5) is 11.3. The molecule has 1 aliphatic rings. The molecular formula is C12H19N3O2. The van der Waals surface area contributed by atoms with E-state index in [1.54, 1.807) is 0 Å². The predicted octanol–water partition coefficient (Wildman–Crippen LogP) is 1.54. The maximum Gasteiger partial charge on any atom is 0.356 e. The second-order valence-electron chi connectivity index (χ2n) is 4.88. The molecular weight excluding hydrogens is 218 g/mol. The topological polar surface area (TPSA) is 81.1 Å². The van der Waals surface area contributed by atoms with Gasteiger partial charge in [-0.1, -0.05) is 0 Å². The number of aromatic carboxylic acids is 1. The van der Waals surface area contributed by atoms with Gasteiger partial charge in [-0.3, -0.25) is 4.68 Å². The second kappa shape index (κ2) is 4.49. The zero-order valence-corrected chi connectivity index (χ0v) is 10.3. The predicted molar refractivity (Wildman–Crippen MR) is 64.3 cm³/mol. The van der Waals surface area contributed by atoms with E-state index in [-0.39, 0.29) is 17.7 Å². The maximum atomic E-state index is 11.3. The first kappa shape index (κ1) is 12.1. The van der Waals surface area contributed by atoms with Crippen LogP contribution in [0.25, 0.3) is 0 Å². The number of carbonyl (C=O) groups is 1. The van der Waals surface area contributed by atoms with Gasteiger partial charge in [-0.05, 0) is 39.7 Å². The Morgan fingerprint density at radius 1 is 1.65 bits per heavy atom. The van der Waals surface area contributed by atoms with E-state index in [1.807, 2.05) is 18.5 Å². The van der Waals surface area contributed by atoms with Gasteiger partial charge in [0.05, 0.1) is 0 Å². The van der Waals surface area contributed by atoms with Crippen molar-refractivity contribution in [2.75, 3.05) is 6.54 Å². The van der Waals surface area contributed by atoms with Crippen molar-refractivity contribution in [3.63, 3.8) is 0 Å². The van der Waals surface area contributed by atoms with Gasteiger partial charge in [0.15, 0.2) is 5.69 Å². The van der Waals surface area contributed by atoms with Crippen LogP contribution < -0.4 is 5.73 Å². The molecule has 1 heterocycles. The Morgan fingerprint density at radius 2 is 2.35 bits per heavy atom. The third kappa shape index (κ3) is 1.95. The fourth-order valence-electron chi connectivity index (χ4n) is 2.64. The maximum absolute atomic E-state index is 11.3. The van der Waals surface area contributed by atoms with Crippen LogP contribution in [0, 0.1) is 0 Å². The van der Waals surface area contributed by atoms with Crippen LogP contribution in [0.4, 0.5) is 0 Å². The number of rotatable bonds is 3. The Hall–Kier alpha value is -1.36. The van der Waals surface area contributed by atoms with E-state index in [0.29, 0.717) is 6.54 Å². The van der Waals surface area contributed by atoms with Crippen LogP contribution in [0.3, 0.4) is 0 Å². The lowest BCUT2D eigenvalue weighted by atomic mass is 9.85. The van der Waals surface area contributed by atoms with Crippen LogP contribution in [-0.4, -0.2) is 27.4 Å². The van der Waals surface area contributed by atoms with Gasteiger partial charge >= 0.3 is 5.97 Å². The highest BCUT2D eigenvalue weighted by Gasteiger charge is 2.31. The number of hydrogen-bond donors (Lipinski definition) is 2. The number of aromatic nitrogens is 2. The Morgan fingerprint density at radius 3 is 2.88 bits per heavy atom. The molecule has 94 valence electrons. The molecule has 0 aliphatic heterocycles. The average Bonchev–Trinajstić information content (AvgIpc) is 2.68. The van der Waals surface area contributed by atoms with Crippen LogP contribution in [0.5, 0.6) is 0 Å². The number of fused-ring (bicyclic) bond motifs is 1. The summed E-state index contributed by atoms with van der Waals surface area (Å²) in [6.07, 6.45) is 2.93. The molecule has 3 N–H and O–H groups in total. The third-order valence-corrected chi connectivity index (χ3v) is 3.40. The smallest absolute Gasteiger partial charge is 0.356 e. The zero-order valence-electron chi connectivity index (χ0n) is 10.3. The molecule has 1 aromatic rings. The van der Waals surface area contributed by atoms with Gasteiger partial charge in [-0.2, -0.15) is 5.10 Å². The quantitative estimate of drug-likeness (QED) is 0.835. The summed E-state index contributed by atoms with van der Waals surface area (Å²) in [6, 6.07) is 0.188. The monoisotopic (exact) mass is 237 g/mol. The molecule has 0 saturated carbocycles. The summed E-state index contributed by atoms with van der Waals surface area (Å²) in [7, 11) is 0. The molecule has 0 amide bonds. The molecule has 17 heavy (non-hydrogen) atoms. The summed E-state index contributed by atoms with van der Waals surface area (Å²) in [5.41, 5.74) is 7.88. The van der Waals surface area contributed by atoms with Gasteiger partial charge in [0.2, 0.25) is 0 Å². The van der Waals surface area contributed by atoms with Crippen LogP contribution >= 0.6 is 0 Å². The van der Waals surface area contributed by atoms with Crippen molar-refractivity contribution in [3.05, 3.63) is 17.0 Å². The summed E-state index contributed by atoms with van der Waals surface area (Å²) in [5, 5.41) is 13.5. The van der Waals surface area contributed by atoms with Crippen molar-refractivity contribution >= 4 is 5.97 Å². The van der Waals surface area contributed by atoms with Crippen LogP contribution in [-0.2, 0) is 6.42 Å². The lowest BCUT2D eigenvalue weighted by Crippen LogP contribution is -2.20. The average molecular weight is 237 g/mol. The van der Waals surface area contributed by atoms with Crippen molar-refractivity contribution in [2.24, 2.45) is 5.73 Å². The largest absolute Gasteiger partial charge is 0.476 e. The van der Waals surface area contributed by atoms with Crippen molar-refractivity contribution in [1.82, 2.24) is 9.78 Å². The minimum atomic E-state index is -0.944. The van der Waals surface area contributed by atoms with Crippen molar-refractivity contribution < 1.29 is 9.90 Å². The lowest BCUT2D eigenvalue weighted by Gasteiger charge is -2.23.